The van der Waals surface area contributed by atoms with Crippen LogP contribution in [0.2, 0.25) is 0 Å². The van der Waals surface area contributed by atoms with Crippen molar-refractivity contribution in [1.29, 1.82) is 0 Å². The number of hydrogen-bond acceptors (Lipinski definition) is 7. The average molecular weight is 310 g/mol. The van der Waals surface area contributed by atoms with E-state index < -0.39 is 15.6 Å². The lowest BCUT2D eigenvalue weighted by Crippen LogP contribution is -2.10. The molecular formula is C6H16O10P2. The Morgan fingerprint density at radius 1 is 0.833 bits per heavy atom. The Hall–Kier alpha value is 0.140. The van der Waals surface area contributed by atoms with Crippen molar-refractivity contribution in [2.45, 2.75) is 0 Å². The van der Waals surface area contributed by atoms with Gasteiger partial charge in [-0.2, -0.15) is 4.31 Å². The minimum absolute atomic E-state index is 0.0858. The highest BCUT2D eigenvalue weighted by molar-refractivity contribution is 7.60. The first kappa shape index (κ1) is 18.1. The van der Waals surface area contributed by atoms with Crippen LogP contribution in [0.15, 0.2) is 0 Å². The zero-order valence-corrected chi connectivity index (χ0v) is 11.2. The molecule has 0 fully saturated rings. The summed E-state index contributed by atoms with van der Waals surface area (Å²) in [5.41, 5.74) is 0. The van der Waals surface area contributed by atoms with E-state index in [4.69, 9.17) is 29.3 Å². The monoisotopic (exact) mass is 310 g/mol. The lowest BCUT2D eigenvalue weighted by Gasteiger charge is -2.12. The SMILES string of the molecule is O=P(O)(O)OP(=O)(O)OCCOCCOCCO. The van der Waals surface area contributed by atoms with Crippen molar-refractivity contribution in [1.82, 2.24) is 0 Å². The van der Waals surface area contributed by atoms with E-state index in [9.17, 15) is 9.13 Å². The van der Waals surface area contributed by atoms with E-state index in [0.29, 0.717) is 0 Å². The van der Waals surface area contributed by atoms with Gasteiger partial charge in [0.1, 0.15) is 0 Å². The largest absolute Gasteiger partial charge is 0.481 e. The van der Waals surface area contributed by atoms with Crippen LogP contribution < -0.4 is 0 Å². The molecule has 0 aliphatic heterocycles. The lowest BCUT2D eigenvalue weighted by atomic mass is 10.7. The highest BCUT2D eigenvalue weighted by Gasteiger charge is 2.31. The second-order valence-electron chi connectivity index (χ2n) is 2.82. The van der Waals surface area contributed by atoms with Crippen molar-refractivity contribution in [2.75, 3.05) is 39.6 Å². The normalized spacial score (nSPS) is 15.6. The molecule has 1 atom stereocenters. The van der Waals surface area contributed by atoms with Gasteiger partial charge in [0, 0.05) is 0 Å². The Morgan fingerprint density at radius 3 is 1.83 bits per heavy atom. The van der Waals surface area contributed by atoms with E-state index in [1.807, 2.05) is 0 Å². The maximum Gasteiger partial charge on any atom is 0.481 e. The van der Waals surface area contributed by atoms with Crippen LogP contribution in [0.25, 0.3) is 0 Å². The maximum absolute atomic E-state index is 10.9. The maximum atomic E-state index is 10.9. The van der Waals surface area contributed by atoms with Crippen LogP contribution in [0.3, 0.4) is 0 Å². The van der Waals surface area contributed by atoms with Crippen LogP contribution in [0.5, 0.6) is 0 Å². The third-order valence-corrected chi connectivity index (χ3v) is 3.48. The Morgan fingerprint density at radius 2 is 1.33 bits per heavy atom. The summed E-state index contributed by atoms with van der Waals surface area (Å²) in [5.74, 6) is 0. The van der Waals surface area contributed by atoms with Gasteiger partial charge >= 0.3 is 15.6 Å². The van der Waals surface area contributed by atoms with Crippen molar-refractivity contribution >= 4 is 15.6 Å². The molecule has 10 nitrogen and oxygen atoms in total. The standard InChI is InChI=1S/C6H16O10P2/c7-1-2-13-3-4-14-5-6-15-18(11,12)16-17(8,9)10/h7H,1-6H2,(H,11,12)(H2,8,9,10). The molecule has 0 radical (unpaired) electrons. The molecule has 18 heavy (non-hydrogen) atoms. The van der Waals surface area contributed by atoms with Gasteiger partial charge in [-0.25, -0.2) is 9.13 Å². The van der Waals surface area contributed by atoms with Gasteiger partial charge in [0.05, 0.1) is 39.6 Å². The fourth-order valence-corrected chi connectivity index (χ4v) is 2.33. The molecule has 1 unspecified atom stereocenters. The molecule has 0 amide bonds. The third-order valence-electron chi connectivity index (χ3n) is 1.30. The van der Waals surface area contributed by atoms with Crippen LogP contribution in [-0.2, 0) is 27.4 Å². The number of rotatable bonds is 11. The van der Waals surface area contributed by atoms with E-state index in [2.05, 4.69) is 8.83 Å². The summed E-state index contributed by atoms with van der Waals surface area (Å²) in [4.78, 5) is 25.4. The minimum Gasteiger partial charge on any atom is -0.394 e. The van der Waals surface area contributed by atoms with Crippen molar-refractivity contribution in [3.63, 3.8) is 0 Å². The Balaban J connectivity index is 3.54. The highest BCUT2D eigenvalue weighted by atomic mass is 31.3. The molecule has 110 valence electrons. The zero-order chi connectivity index (χ0) is 14.1. The van der Waals surface area contributed by atoms with Crippen LogP contribution in [0, 0.1) is 0 Å². The molecule has 0 saturated heterocycles. The van der Waals surface area contributed by atoms with E-state index >= 15 is 0 Å². The number of aliphatic hydroxyl groups excluding tert-OH is 1. The second-order valence-corrected chi connectivity index (χ2v) is 5.65. The summed E-state index contributed by atoms with van der Waals surface area (Å²) in [7, 11) is -9.87. The zero-order valence-electron chi connectivity index (χ0n) is 9.38. The smallest absolute Gasteiger partial charge is 0.394 e. The Labute approximate surface area is 103 Å². The van der Waals surface area contributed by atoms with Gasteiger partial charge in [0.25, 0.3) is 0 Å². The predicted octanol–water partition coefficient (Wildman–Crippen LogP) is -0.762. The van der Waals surface area contributed by atoms with Crippen LogP contribution in [0.4, 0.5) is 0 Å². The van der Waals surface area contributed by atoms with Gasteiger partial charge in [-0.05, 0) is 0 Å². The quantitative estimate of drug-likeness (QED) is 0.283. The van der Waals surface area contributed by atoms with Crippen molar-refractivity contribution in [2.24, 2.45) is 0 Å². The number of aliphatic hydroxyl groups is 1. The molecule has 12 heteroatoms. The fourth-order valence-electron chi connectivity index (χ4n) is 0.756. The molecule has 0 heterocycles. The summed E-state index contributed by atoms with van der Waals surface area (Å²) >= 11 is 0. The lowest BCUT2D eigenvalue weighted by molar-refractivity contribution is 0.0216. The Kier molecular flexibility index (Phi) is 9.18. The molecule has 0 aromatic carbocycles. The summed E-state index contributed by atoms with van der Waals surface area (Å²) in [6.07, 6.45) is 0. The van der Waals surface area contributed by atoms with Crippen LogP contribution in [0.1, 0.15) is 0 Å². The average Bonchev–Trinajstić information content (AvgIpc) is 2.18. The summed E-state index contributed by atoms with van der Waals surface area (Å²) < 4.78 is 38.7. The van der Waals surface area contributed by atoms with E-state index in [1.165, 1.54) is 0 Å². The molecule has 0 spiro atoms. The van der Waals surface area contributed by atoms with Crippen LogP contribution >= 0.6 is 15.6 Å². The van der Waals surface area contributed by atoms with Gasteiger partial charge in [-0.15, -0.1) is 0 Å². The Bertz CT molecular complexity index is 301. The summed E-state index contributed by atoms with van der Waals surface area (Å²) in [5, 5.41) is 8.37. The first-order valence-electron chi connectivity index (χ1n) is 4.77. The highest BCUT2D eigenvalue weighted by Crippen LogP contribution is 2.57. The predicted molar refractivity (Wildman–Crippen MR) is 57.6 cm³/mol. The molecule has 0 aliphatic rings. The molecule has 0 saturated carbocycles. The summed E-state index contributed by atoms with van der Waals surface area (Å²) in [6, 6.07) is 0. The molecule has 0 bridgehead atoms. The van der Waals surface area contributed by atoms with Gasteiger partial charge in [0.2, 0.25) is 0 Å². The van der Waals surface area contributed by atoms with E-state index in [-0.39, 0.29) is 39.6 Å². The number of phosphoric ester groups is 1. The fraction of sp³-hybridized carbons (Fsp3) is 1.00. The first-order valence-corrected chi connectivity index (χ1v) is 7.80. The van der Waals surface area contributed by atoms with Crippen molar-refractivity contribution in [3.8, 4) is 0 Å². The van der Waals surface area contributed by atoms with Crippen molar-refractivity contribution in [3.05, 3.63) is 0 Å². The molecule has 0 aromatic rings. The summed E-state index contributed by atoms with van der Waals surface area (Å²) in [6.45, 7) is 0.0262. The van der Waals surface area contributed by atoms with Gasteiger partial charge in [-0.3, -0.25) is 4.52 Å². The molecule has 0 aliphatic carbocycles. The number of phosphoric acid groups is 2. The number of hydrogen-bond donors (Lipinski definition) is 4. The second kappa shape index (κ2) is 9.11. The van der Waals surface area contributed by atoms with Gasteiger partial charge < -0.3 is 29.3 Å². The molecule has 0 rings (SSSR count). The molecule has 0 aromatic heterocycles. The molecular weight excluding hydrogens is 294 g/mol. The third kappa shape index (κ3) is 12.6. The minimum atomic E-state index is -5.08. The van der Waals surface area contributed by atoms with Gasteiger partial charge in [0.15, 0.2) is 0 Å². The first-order chi connectivity index (χ1) is 8.27. The number of ether oxygens (including phenoxy) is 2. The molecule has 4 N–H and O–H groups in total. The van der Waals surface area contributed by atoms with E-state index in [0.717, 1.165) is 0 Å². The van der Waals surface area contributed by atoms with E-state index in [1.54, 1.807) is 0 Å². The van der Waals surface area contributed by atoms with Crippen molar-refractivity contribution < 1.29 is 47.2 Å². The van der Waals surface area contributed by atoms with Crippen LogP contribution in [-0.4, -0.2) is 59.4 Å². The topological polar surface area (TPSA) is 152 Å². The van der Waals surface area contributed by atoms with Gasteiger partial charge in [-0.1, -0.05) is 0 Å².